The summed E-state index contributed by atoms with van der Waals surface area (Å²) in [6.07, 6.45) is 3.41. The average molecular weight is 313 g/mol. The molecule has 1 aliphatic heterocycles. The first-order chi connectivity index (χ1) is 11.0. The van der Waals surface area contributed by atoms with E-state index in [0.717, 1.165) is 35.7 Å². The first kappa shape index (κ1) is 15.7. The van der Waals surface area contributed by atoms with Gasteiger partial charge >= 0.3 is 5.82 Å². The van der Waals surface area contributed by atoms with Crippen LogP contribution < -0.4 is 0 Å². The molecule has 23 heavy (non-hydrogen) atoms. The molecule has 0 spiro atoms. The van der Waals surface area contributed by atoms with E-state index in [1.807, 2.05) is 20.0 Å². The maximum Gasteiger partial charge on any atom is 0.350 e. The van der Waals surface area contributed by atoms with E-state index in [9.17, 15) is 4.39 Å². The van der Waals surface area contributed by atoms with Gasteiger partial charge in [0.1, 0.15) is 11.5 Å². The molecule has 1 fully saturated rings. The highest BCUT2D eigenvalue weighted by Gasteiger charge is 2.21. The molecule has 5 heteroatoms. The zero-order chi connectivity index (χ0) is 16.4. The molecule has 2 heterocycles. The lowest BCUT2D eigenvalue weighted by molar-refractivity contribution is -0.407. The van der Waals surface area contributed by atoms with Crippen LogP contribution in [-0.2, 0) is 0 Å². The van der Waals surface area contributed by atoms with Gasteiger partial charge in [-0.1, -0.05) is 0 Å². The molecule has 120 valence electrons. The van der Waals surface area contributed by atoms with Gasteiger partial charge in [0.15, 0.2) is 0 Å². The fourth-order valence-corrected chi connectivity index (χ4v) is 3.02. The van der Waals surface area contributed by atoms with Crippen molar-refractivity contribution in [2.75, 3.05) is 27.2 Å². The van der Waals surface area contributed by atoms with Gasteiger partial charge in [0.05, 0.1) is 18.4 Å². The van der Waals surface area contributed by atoms with Crippen molar-refractivity contribution < 1.29 is 8.97 Å². The third-order valence-electron chi connectivity index (χ3n) is 4.31. The van der Waals surface area contributed by atoms with Crippen LogP contribution in [0.25, 0.3) is 11.3 Å². The summed E-state index contributed by atoms with van der Waals surface area (Å²) in [6.45, 7) is 4.24. The predicted molar refractivity (Wildman–Crippen MR) is 89.7 cm³/mol. The highest BCUT2D eigenvalue weighted by Crippen LogP contribution is 2.23. The molecule has 0 aliphatic carbocycles. The molecule has 3 rings (SSSR count). The largest absolute Gasteiger partial charge is 0.350 e. The summed E-state index contributed by atoms with van der Waals surface area (Å²) in [6, 6.07) is 8.38. The molecule has 0 radical (unpaired) electrons. The number of nitrogens with zero attached hydrogens (tertiary/aromatic N) is 4. The van der Waals surface area contributed by atoms with Crippen LogP contribution in [0.3, 0.4) is 0 Å². The van der Waals surface area contributed by atoms with Crippen molar-refractivity contribution in [1.29, 1.82) is 0 Å². The van der Waals surface area contributed by atoms with Crippen molar-refractivity contribution in [2.45, 2.75) is 13.3 Å². The van der Waals surface area contributed by atoms with Gasteiger partial charge in [0.25, 0.3) is 0 Å². The summed E-state index contributed by atoms with van der Waals surface area (Å²) in [4.78, 5) is 2.34. The zero-order valence-electron chi connectivity index (χ0n) is 13.8. The maximum atomic E-state index is 13.0. The number of likely N-dealkylation sites (tertiary alicyclic amines) is 1. The minimum Gasteiger partial charge on any atom is -0.306 e. The second-order valence-corrected chi connectivity index (χ2v) is 6.31. The second-order valence-electron chi connectivity index (χ2n) is 6.31. The number of aromatic nitrogens is 2. The Morgan fingerprint density at radius 1 is 1.26 bits per heavy atom. The topological polar surface area (TPSA) is 32.0 Å². The van der Waals surface area contributed by atoms with Crippen LogP contribution in [-0.4, -0.2) is 53.1 Å². The van der Waals surface area contributed by atoms with Gasteiger partial charge in [-0.05, 0) is 61.9 Å². The van der Waals surface area contributed by atoms with Crippen LogP contribution >= 0.6 is 0 Å². The molecule has 0 N–H and O–H groups in total. The highest BCUT2D eigenvalue weighted by atomic mass is 19.1. The van der Waals surface area contributed by atoms with Crippen LogP contribution in [0, 0.1) is 18.7 Å². The number of hydrogen-bond acceptors (Lipinski definition) is 3. The molecule has 0 amide bonds. The lowest BCUT2D eigenvalue weighted by Crippen LogP contribution is -2.17. The smallest absolute Gasteiger partial charge is 0.306 e. The van der Waals surface area contributed by atoms with Gasteiger partial charge in [-0.15, -0.1) is 0 Å². The minimum absolute atomic E-state index is 0.244. The molecular weight excluding hydrogens is 291 g/mol. The van der Waals surface area contributed by atoms with Gasteiger partial charge in [-0.25, -0.2) is 8.97 Å². The van der Waals surface area contributed by atoms with Crippen molar-refractivity contribution >= 4 is 12.0 Å². The zero-order valence-corrected chi connectivity index (χ0v) is 13.8. The molecule has 1 aliphatic rings. The molecule has 1 atom stereocenters. The molecule has 4 nitrogen and oxygen atoms in total. The number of aryl methyl sites for hydroxylation is 1. The van der Waals surface area contributed by atoms with E-state index in [1.165, 1.54) is 18.6 Å². The van der Waals surface area contributed by atoms with Crippen LogP contribution in [0.15, 0.2) is 30.3 Å². The molecule has 1 saturated heterocycles. The Labute approximate surface area is 136 Å². The van der Waals surface area contributed by atoms with Crippen molar-refractivity contribution in [3.8, 4) is 11.3 Å². The Balaban J connectivity index is 1.84. The lowest BCUT2D eigenvalue weighted by Gasteiger charge is -2.06. The van der Waals surface area contributed by atoms with E-state index in [-0.39, 0.29) is 5.82 Å². The summed E-state index contributed by atoms with van der Waals surface area (Å²) < 4.78 is 15.1. The summed E-state index contributed by atoms with van der Waals surface area (Å²) in [5, 5.41) is 8.68. The maximum absolute atomic E-state index is 13.0. The third kappa shape index (κ3) is 3.62. The first-order valence-electron chi connectivity index (χ1n) is 7.89. The van der Waals surface area contributed by atoms with Crippen molar-refractivity contribution in [3.63, 3.8) is 0 Å². The Morgan fingerprint density at radius 2 is 2.00 bits per heavy atom. The van der Waals surface area contributed by atoms with E-state index in [0.29, 0.717) is 5.92 Å². The second kappa shape index (κ2) is 6.54. The molecular formula is C18H22FN4+. The Hall–Kier alpha value is -2.14. The summed E-state index contributed by atoms with van der Waals surface area (Å²) in [5.41, 5.74) is 2.71. The molecule has 1 unspecified atom stereocenters. The van der Waals surface area contributed by atoms with Gasteiger partial charge in [0, 0.05) is 24.1 Å². The van der Waals surface area contributed by atoms with Crippen molar-refractivity contribution in [3.05, 3.63) is 41.7 Å². The summed E-state index contributed by atoms with van der Waals surface area (Å²) >= 11 is 0. The monoisotopic (exact) mass is 313 g/mol. The fraction of sp³-hybridized carbons (Fsp3) is 0.389. The standard InChI is InChI=1S/C18H22FN4/c1-13-10-17(23(3)12-14-8-9-22(2)11-14)20-21-18(13)15-4-6-16(19)7-5-15/h4-7,10,12,14H,8-9,11H2,1-3H3/q+1. The molecule has 1 aromatic heterocycles. The summed E-state index contributed by atoms with van der Waals surface area (Å²) in [7, 11) is 4.16. The lowest BCUT2D eigenvalue weighted by atomic mass is 10.1. The Kier molecular flexibility index (Phi) is 4.48. The number of benzene rings is 1. The molecule has 0 bridgehead atoms. The highest BCUT2D eigenvalue weighted by molar-refractivity contribution is 5.63. The summed E-state index contributed by atoms with van der Waals surface area (Å²) in [5.74, 6) is 1.15. The van der Waals surface area contributed by atoms with Crippen LogP contribution in [0.4, 0.5) is 10.2 Å². The van der Waals surface area contributed by atoms with E-state index in [2.05, 4.69) is 32.9 Å². The Bertz CT molecular complexity index is 724. The molecule has 1 aromatic carbocycles. The fourth-order valence-electron chi connectivity index (χ4n) is 3.02. The van der Waals surface area contributed by atoms with Crippen molar-refractivity contribution in [1.82, 2.24) is 15.1 Å². The van der Waals surface area contributed by atoms with E-state index in [1.54, 1.807) is 12.1 Å². The third-order valence-corrected chi connectivity index (χ3v) is 4.31. The van der Waals surface area contributed by atoms with Gasteiger partial charge < -0.3 is 4.90 Å². The van der Waals surface area contributed by atoms with Crippen LogP contribution in [0.2, 0.25) is 0 Å². The predicted octanol–water partition coefficient (Wildman–Crippen LogP) is 2.89. The van der Waals surface area contributed by atoms with Crippen LogP contribution in [0.5, 0.6) is 0 Å². The van der Waals surface area contributed by atoms with Gasteiger partial charge in [0.2, 0.25) is 0 Å². The Morgan fingerprint density at radius 3 is 2.61 bits per heavy atom. The number of hydrogen-bond donors (Lipinski definition) is 0. The van der Waals surface area contributed by atoms with E-state index >= 15 is 0 Å². The number of rotatable bonds is 3. The van der Waals surface area contributed by atoms with E-state index in [4.69, 9.17) is 0 Å². The SMILES string of the molecule is Cc1cc([N+](C)=CC2CCN(C)C2)nnc1-c1ccc(F)cc1. The van der Waals surface area contributed by atoms with Crippen molar-refractivity contribution in [2.24, 2.45) is 5.92 Å². The average Bonchev–Trinajstić information content (AvgIpc) is 2.93. The van der Waals surface area contributed by atoms with Gasteiger partial charge in [-0.3, -0.25) is 0 Å². The first-order valence-corrected chi connectivity index (χ1v) is 7.89. The minimum atomic E-state index is -0.244. The van der Waals surface area contributed by atoms with E-state index < -0.39 is 0 Å². The molecule has 0 saturated carbocycles. The number of halogens is 1. The van der Waals surface area contributed by atoms with Gasteiger partial charge in [-0.2, -0.15) is 0 Å². The van der Waals surface area contributed by atoms with Crippen LogP contribution in [0.1, 0.15) is 12.0 Å². The normalized spacial score (nSPS) is 19.3. The molecule has 2 aromatic rings. The quantitative estimate of drug-likeness (QED) is 0.645.